The first kappa shape index (κ1) is 31.0. The monoisotopic (exact) mass is 615 g/mol. The van der Waals surface area contributed by atoms with E-state index in [0.29, 0.717) is 22.8 Å². The molecule has 0 aliphatic rings. The summed E-state index contributed by atoms with van der Waals surface area (Å²) in [5.74, 6) is 0.123. The number of pyridine rings is 1. The third-order valence-corrected chi connectivity index (χ3v) is 8.11. The lowest BCUT2D eigenvalue weighted by Crippen LogP contribution is -2.14. The van der Waals surface area contributed by atoms with E-state index in [4.69, 9.17) is 0 Å². The molecule has 226 valence electrons. The Labute approximate surface area is 258 Å². The third-order valence-electron chi connectivity index (χ3n) is 7.02. The Bertz CT molecular complexity index is 1770. The second kappa shape index (κ2) is 13.5. The average Bonchev–Trinajstić information content (AvgIpc) is 3.01. The Hall–Kier alpha value is -4.44. The maximum atomic E-state index is 13.2. The lowest BCUT2D eigenvalue weighted by atomic mass is 10.1. The number of amides is 1. The summed E-state index contributed by atoms with van der Waals surface area (Å²) in [7, 11) is 0. The van der Waals surface area contributed by atoms with E-state index in [1.165, 1.54) is 24.0 Å². The van der Waals surface area contributed by atoms with Gasteiger partial charge in [0, 0.05) is 26.7 Å². The van der Waals surface area contributed by atoms with Crippen LogP contribution in [0, 0.1) is 0 Å². The van der Waals surface area contributed by atoms with Crippen molar-refractivity contribution in [1.29, 1.82) is 0 Å². The molecule has 5 rings (SSSR count). The number of fused-ring (bicyclic) bond motifs is 1. The van der Waals surface area contributed by atoms with Crippen molar-refractivity contribution in [2.24, 2.45) is 0 Å². The number of rotatable bonds is 10. The largest absolute Gasteiger partial charge is 0.416 e. The van der Waals surface area contributed by atoms with Crippen molar-refractivity contribution < 1.29 is 18.0 Å². The molecule has 0 unspecified atom stereocenters. The third kappa shape index (κ3) is 7.55. The second-order valence-electron chi connectivity index (χ2n) is 10.7. The molecule has 3 aromatic carbocycles. The minimum absolute atomic E-state index is 0.0928. The quantitative estimate of drug-likeness (QED) is 0.163. The number of nitrogens with one attached hydrogen (secondary N) is 2. The second-order valence-corrected chi connectivity index (χ2v) is 11.8. The van der Waals surface area contributed by atoms with Gasteiger partial charge in [-0.3, -0.25) is 4.79 Å². The molecule has 10 heteroatoms. The van der Waals surface area contributed by atoms with Gasteiger partial charge in [-0.15, -0.1) is 0 Å². The first-order chi connectivity index (χ1) is 21.1. The van der Waals surface area contributed by atoms with Crippen LogP contribution in [0.25, 0.3) is 11.0 Å². The molecule has 0 aliphatic carbocycles. The molecule has 2 aromatic heterocycles. The van der Waals surface area contributed by atoms with E-state index in [-0.39, 0.29) is 11.5 Å². The summed E-state index contributed by atoms with van der Waals surface area (Å²) in [5.41, 5.74) is 2.84. The van der Waals surface area contributed by atoms with Crippen LogP contribution < -0.4 is 10.6 Å². The number of aryl methyl sites for hydroxylation is 1. The minimum Gasteiger partial charge on any atom is -0.339 e. The van der Waals surface area contributed by atoms with Crippen LogP contribution in [0.5, 0.6) is 0 Å². The van der Waals surface area contributed by atoms with Gasteiger partial charge in [0.15, 0.2) is 5.65 Å². The van der Waals surface area contributed by atoms with Crippen LogP contribution in [0.15, 0.2) is 95.0 Å². The maximum absolute atomic E-state index is 13.2. The summed E-state index contributed by atoms with van der Waals surface area (Å²) in [4.78, 5) is 28.4. The fourth-order valence-corrected chi connectivity index (χ4v) is 5.45. The number of carbonyl (C=O) groups excluding carboxylic acids is 1. The highest BCUT2D eigenvalue weighted by atomic mass is 32.2. The van der Waals surface area contributed by atoms with Crippen LogP contribution in [0.2, 0.25) is 0 Å². The fraction of sp³-hybridized carbons (Fsp3) is 0.235. The molecular weight excluding hydrogens is 583 g/mol. The summed E-state index contributed by atoms with van der Waals surface area (Å²) in [6, 6.07) is 22.0. The van der Waals surface area contributed by atoms with E-state index >= 15 is 0 Å². The lowest BCUT2D eigenvalue weighted by Gasteiger charge is -2.16. The fourth-order valence-electron chi connectivity index (χ4n) is 4.57. The van der Waals surface area contributed by atoms with E-state index in [1.54, 1.807) is 23.9 Å². The summed E-state index contributed by atoms with van der Waals surface area (Å²) in [5, 5.41) is 6.86. The van der Waals surface area contributed by atoms with Gasteiger partial charge in [0.25, 0.3) is 5.91 Å². The summed E-state index contributed by atoms with van der Waals surface area (Å²) in [6.45, 7) is 6.30. The smallest absolute Gasteiger partial charge is 0.339 e. The minimum atomic E-state index is -4.55. The molecule has 2 N–H and O–H groups in total. The zero-order valence-electron chi connectivity index (χ0n) is 24.6. The van der Waals surface area contributed by atoms with Crippen molar-refractivity contribution in [2.45, 2.75) is 61.9 Å². The molecule has 2 heterocycles. The Kier molecular flexibility index (Phi) is 9.49. The number of hydrogen-bond acceptors (Lipinski definition) is 6. The van der Waals surface area contributed by atoms with Gasteiger partial charge in [-0.1, -0.05) is 57.2 Å². The summed E-state index contributed by atoms with van der Waals surface area (Å²) < 4.78 is 39.7. The number of anilines is 3. The number of aromatic nitrogens is 3. The van der Waals surface area contributed by atoms with Crippen molar-refractivity contribution in [1.82, 2.24) is 15.0 Å². The van der Waals surface area contributed by atoms with Gasteiger partial charge < -0.3 is 10.6 Å². The molecule has 0 fully saturated rings. The molecule has 0 aliphatic heterocycles. The zero-order valence-corrected chi connectivity index (χ0v) is 25.4. The normalized spacial score (nSPS) is 11.6. The molecule has 1 amide bonds. The zero-order chi connectivity index (χ0) is 31.3. The van der Waals surface area contributed by atoms with Gasteiger partial charge >= 0.3 is 6.18 Å². The van der Waals surface area contributed by atoms with Crippen LogP contribution in [0.4, 0.5) is 30.4 Å². The predicted molar refractivity (Wildman–Crippen MR) is 170 cm³/mol. The standard InChI is InChI=1S/C34H32F3N5OS/c1-4-5-7-22-10-13-26(14-11-22)44-30-17-12-25(40-33(43)23-8-6-9-24(18-23)34(35,36)37)19-29(30)42-32-27-15-16-28(21(2)3)41-31(27)38-20-39-32/h6,8-21H,4-5,7H2,1-3H3,(H,40,43)(H,38,39,41,42). The van der Waals surface area contributed by atoms with Crippen molar-refractivity contribution in [2.75, 3.05) is 10.6 Å². The maximum Gasteiger partial charge on any atom is 0.416 e. The van der Waals surface area contributed by atoms with Gasteiger partial charge in [-0.25, -0.2) is 15.0 Å². The molecule has 0 atom stereocenters. The Balaban J connectivity index is 1.47. The number of hydrogen-bond donors (Lipinski definition) is 2. The van der Waals surface area contributed by atoms with E-state index in [9.17, 15) is 18.0 Å². The topological polar surface area (TPSA) is 79.8 Å². The number of benzene rings is 3. The molecule has 6 nitrogen and oxygen atoms in total. The van der Waals surface area contributed by atoms with E-state index in [1.807, 2.05) is 18.2 Å². The van der Waals surface area contributed by atoms with Gasteiger partial charge in [-0.2, -0.15) is 13.2 Å². The molecule has 0 spiro atoms. The van der Waals surface area contributed by atoms with Gasteiger partial charge in [-0.05, 0) is 85.0 Å². The van der Waals surface area contributed by atoms with Gasteiger partial charge in [0.1, 0.15) is 12.1 Å². The van der Waals surface area contributed by atoms with Crippen LogP contribution >= 0.6 is 11.8 Å². The number of unbranched alkanes of at least 4 members (excludes halogenated alkanes) is 1. The number of alkyl halides is 3. The summed E-state index contributed by atoms with van der Waals surface area (Å²) in [6.07, 6.45) is 0.194. The first-order valence-electron chi connectivity index (χ1n) is 14.4. The predicted octanol–water partition coefficient (Wildman–Crippen LogP) is 9.66. The highest BCUT2D eigenvalue weighted by Crippen LogP contribution is 2.38. The molecule has 0 radical (unpaired) electrons. The average molecular weight is 616 g/mol. The van der Waals surface area contributed by atoms with Crippen molar-refractivity contribution in [3.63, 3.8) is 0 Å². The number of nitrogens with zero attached hydrogens (tertiary/aromatic N) is 3. The van der Waals surface area contributed by atoms with Crippen molar-refractivity contribution in [3.8, 4) is 0 Å². The molecule has 0 bridgehead atoms. The molecule has 0 saturated carbocycles. The lowest BCUT2D eigenvalue weighted by molar-refractivity contribution is -0.137. The number of halogens is 3. The summed E-state index contributed by atoms with van der Waals surface area (Å²) >= 11 is 1.55. The van der Waals surface area contributed by atoms with Crippen LogP contribution in [0.1, 0.15) is 66.7 Å². The number of carbonyl (C=O) groups is 1. The van der Waals surface area contributed by atoms with Crippen LogP contribution in [-0.4, -0.2) is 20.9 Å². The molecule has 44 heavy (non-hydrogen) atoms. The Morgan fingerprint density at radius 3 is 2.48 bits per heavy atom. The highest BCUT2D eigenvalue weighted by Gasteiger charge is 2.31. The molecule has 0 saturated heterocycles. The van der Waals surface area contributed by atoms with Crippen LogP contribution in [0.3, 0.4) is 0 Å². The van der Waals surface area contributed by atoms with Crippen molar-refractivity contribution >= 4 is 45.9 Å². The van der Waals surface area contributed by atoms with Crippen molar-refractivity contribution in [3.05, 3.63) is 108 Å². The van der Waals surface area contributed by atoms with Gasteiger partial charge in [0.05, 0.1) is 16.6 Å². The first-order valence-corrected chi connectivity index (χ1v) is 15.2. The Morgan fingerprint density at radius 2 is 1.75 bits per heavy atom. The van der Waals surface area contributed by atoms with E-state index in [2.05, 4.69) is 70.6 Å². The highest BCUT2D eigenvalue weighted by molar-refractivity contribution is 7.99. The van der Waals surface area contributed by atoms with Gasteiger partial charge in [0.2, 0.25) is 0 Å². The molecular formula is C34H32F3N5OS. The van der Waals surface area contributed by atoms with Crippen LogP contribution in [-0.2, 0) is 12.6 Å². The van der Waals surface area contributed by atoms with E-state index in [0.717, 1.165) is 52.3 Å². The van der Waals surface area contributed by atoms with E-state index < -0.39 is 17.6 Å². The molecule has 5 aromatic rings. The SMILES string of the molecule is CCCCc1ccc(Sc2ccc(NC(=O)c3cccc(C(F)(F)F)c3)cc2Nc2ncnc3nc(C(C)C)ccc23)cc1. The Morgan fingerprint density at radius 1 is 0.955 bits per heavy atom.